The van der Waals surface area contributed by atoms with Crippen molar-refractivity contribution < 1.29 is 9.21 Å². The average molecular weight is 518 g/mol. The molecule has 11 heteroatoms. The number of carbonyl (C=O) groups is 1. The molecule has 2 aromatic carbocycles. The van der Waals surface area contributed by atoms with Crippen molar-refractivity contribution in [2.45, 2.75) is 17.8 Å². The molecule has 0 saturated carbocycles. The summed E-state index contributed by atoms with van der Waals surface area (Å²) in [6.45, 7) is 1.78. The van der Waals surface area contributed by atoms with Crippen molar-refractivity contribution in [1.82, 2.24) is 20.2 Å². The molecule has 0 bridgehead atoms. The van der Waals surface area contributed by atoms with Crippen LogP contribution in [0.5, 0.6) is 0 Å². The summed E-state index contributed by atoms with van der Waals surface area (Å²) >= 11 is 19.0. The van der Waals surface area contributed by atoms with Crippen LogP contribution in [0.1, 0.15) is 21.9 Å². The number of nitrogens with zero attached hydrogens (tertiary/aromatic N) is 3. The van der Waals surface area contributed by atoms with E-state index in [1.807, 2.05) is 30.3 Å². The fraction of sp³-hybridized carbons (Fsp3) is 0.0909. The number of thioether (sulfide) groups is 1. The van der Waals surface area contributed by atoms with Gasteiger partial charge in [-0.15, -0.1) is 10.2 Å². The van der Waals surface area contributed by atoms with Gasteiger partial charge in [0.15, 0.2) is 10.9 Å². The number of furan rings is 1. The number of hydrogen-bond acceptors (Lipinski definition) is 6. The first-order chi connectivity index (χ1) is 15.9. The van der Waals surface area contributed by atoms with Gasteiger partial charge in [-0.3, -0.25) is 15.5 Å². The molecule has 0 aliphatic carbocycles. The molecule has 0 saturated heterocycles. The molecule has 4 rings (SSSR count). The highest BCUT2D eigenvalue weighted by molar-refractivity contribution is 7.98. The Morgan fingerprint density at radius 3 is 2.70 bits per heavy atom. The summed E-state index contributed by atoms with van der Waals surface area (Å²) in [7, 11) is 0. The molecule has 0 unspecified atom stereocenters. The van der Waals surface area contributed by atoms with E-state index in [2.05, 4.69) is 20.9 Å². The van der Waals surface area contributed by atoms with Gasteiger partial charge in [0.1, 0.15) is 11.6 Å². The summed E-state index contributed by atoms with van der Waals surface area (Å²) < 4.78 is 7.28. The lowest BCUT2D eigenvalue weighted by Crippen LogP contribution is -2.38. The molecule has 2 heterocycles. The Morgan fingerprint density at radius 1 is 1.12 bits per heavy atom. The number of amides is 1. The molecule has 0 atom stereocenters. The van der Waals surface area contributed by atoms with Crippen LogP contribution in [0.25, 0.3) is 11.3 Å². The fourth-order valence-electron chi connectivity index (χ4n) is 2.87. The molecular weight excluding hydrogens is 501 g/mol. The summed E-state index contributed by atoms with van der Waals surface area (Å²) in [6.07, 6.45) is 0. The van der Waals surface area contributed by atoms with Crippen molar-refractivity contribution in [2.24, 2.45) is 0 Å². The second kappa shape index (κ2) is 10.4. The van der Waals surface area contributed by atoms with Gasteiger partial charge < -0.3 is 4.42 Å². The average Bonchev–Trinajstić information content (AvgIpc) is 3.42. The standard InChI is InChI=1S/C22H17Cl2N5O2S2/c1-13-26-27-22(33-12-14-5-3-2-4-6-14)29(13)28-21(32)25-20(30)19-10-9-18(31-19)16-11-15(23)7-8-17(16)24/h2-11H,12H2,1H3,(H2,25,28,30,32). The number of benzene rings is 2. The van der Waals surface area contributed by atoms with Gasteiger partial charge in [-0.25, -0.2) is 4.68 Å². The van der Waals surface area contributed by atoms with Gasteiger partial charge >= 0.3 is 0 Å². The monoisotopic (exact) mass is 517 g/mol. The van der Waals surface area contributed by atoms with Crippen LogP contribution in [0.3, 0.4) is 0 Å². The highest BCUT2D eigenvalue weighted by atomic mass is 35.5. The Morgan fingerprint density at radius 2 is 1.91 bits per heavy atom. The van der Waals surface area contributed by atoms with Gasteiger partial charge in [0.05, 0.1) is 5.02 Å². The van der Waals surface area contributed by atoms with Crippen LogP contribution in [0.15, 0.2) is 70.2 Å². The lowest BCUT2D eigenvalue weighted by Gasteiger charge is -2.12. The predicted octanol–water partition coefficient (Wildman–Crippen LogP) is 5.70. The Kier molecular flexibility index (Phi) is 7.34. The molecule has 0 fully saturated rings. The van der Waals surface area contributed by atoms with Crippen LogP contribution < -0.4 is 10.7 Å². The van der Waals surface area contributed by atoms with E-state index in [4.69, 9.17) is 39.8 Å². The Hall–Kier alpha value is -2.85. The smallest absolute Gasteiger partial charge is 0.293 e. The van der Waals surface area contributed by atoms with Gasteiger partial charge in [-0.05, 0) is 55.0 Å². The predicted molar refractivity (Wildman–Crippen MR) is 134 cm³/mol. The Balaban J connectivity index is 1.40. The maximum atomic E-state index is 12.6. The zero-order chi connectivity index (χ0) is 23.4. The molecule has 4 aromatic rings. The number of nitrogens with one attached hydrogen (secondary N) is 2. The molecule has 2 N–H and O–H groups in total. The number of aryl methyl sites for hydroxylation is 1. The summed E-state index contributed by atoms with van der Waals surface area (Å²) in [5, 5.41) is 12.5. The van der Waals surface area contributed by atoms with Gasteiger partial charge in [0, 0.05) is 16.3 Å². The third-order valence-corrected chi connectivity index (χ3v) is 6.23. The number of carbonyl (C=O) groups excluding carboxylic acids is 1. The first-order valence-corrected chi connectivity index (χ1v) is 11.8. The molecule has 0 aliphatic rings. The Bertz CT molecular complexity index is 1310. The molecule has 0 spiro atoms. The van der Waals surface area contributed by atoms with Crippen LogP contribution in [-0.4, -0.2) is 25.9 Å². The first kappa shape index (κ1) is 23.3. The highest BCUT2D eigenvalue weighted by Gasteiger charge is 2.17. The minimum Gasteiger partial charge on any atom is -0.451 e. The quantitative estimate of drug-likeness (QED) is 0.250. The van der Waals surface area contributed by atoms with Crippen LogP contribution in [0, 0.1) is 6.92 Å². The molecule has 1 amide bonds. The summed E-state index contributed by atoms with van der Waals surface area (Å²) in [6, 6.07) is 18.2. The zero-order valence-corrected chi connectivity index (χ0v) is 20.4. The van der Waals surface area contributed by atoms with E-state index in [-0.39, 0.29) is 10.9 Å². The van der Waals surface area contributed by atoms with Crippen LogP contribution >= 0.6 is 47.2 Å². The van der Waals surface area contributed by atoms with E-state index in [1.54, 1.807) is 35.9 Å². The van der Waals surface area contributed by atoms with E-state index in [0.29, 0.717) is 38.1 Å². The normalized spacial score (nSPS) is 10.8. The first-order valence-electron chi connectivity index (χ1n) is 9.67. The topological polar surface area (TPSA) is 85.0 Å². The summed E-state index contributed by atoms with van der Waals surface area (Å²) in [5.74, 6) is 1.28. The number of hydrogen-bond donors (Lipinski definition) is 2. The molecular formula is C22H17Cl2N5O2S2. The molecule has 0 radical (unpaired) electrons. The van der Waals surface area contributed by atoms with Crippen LogP contribution in [0.4, 0.5) is 0 Å². The molecule has 0 aliphatic heterocycles. The number of thiocarbonyl (C=S) groups is 1. The molecule has 2 aromatic heterocycles. The van der Waals surface area contributed by atoms with E-state index < -0.39 is 5.91 Å². The number of rotatable bonds is 6. The maximum absolute atomic E-state index is 12.6. The second-order valence-electron chi connectivity index (χ2n) is 6.82. The minimum absolute atomic E-state index is 0.0724. The third kappa shape index (κ3) is 5.75. The highest BCUT2D eigenvalue weighted by Crippen LogP contribution is 2.31. The van der Waals surface area contributed by atoms with Crippen molar-refractivity contribution in [2.75, 3.05) is 5.43 Å². The van der Waals surface area contributed by atoms with Crippen molar-refractivity contribution in [3.05, 3.63) is 87.9 Å². The largest absolute Gasteiger partial charge is 0.451 e. The van der Waals surface area contributed by atoms with Crippen molar-refractivity contribution in [1.29, 1.82) is 0 Å². The zero-order valence-electron chi connectivity index (χ0n) is 17.2. The maximum Gasteiger partial charge on any atom is 0.293 e. The SMILES string of the molecule is Cc1nnc(SCc2ccccc2)n1NC(=S)NC(=O)c1ccc(-c2cc(Cl)ccc2Cl)o1. The van der Waals surface area contributed by atoms with Crippen LogP contribution in [-0.2, 0) is 5.75 Å². The number of aromatic nitrogens is 3. The molecule has 7 nitrogen and oxygen atoms in total. The van der Waals surface area contributed by atoms with E-state index in [1.165, 1.54) is 17.8 Å². The van der Waals surface area contributed by atoms with Crippen LogP contribution in [0.2, 0.25) is 10.0 Å². The van der Waals surface area contributed by atoms with Gasteiger partial charge in [-0.2, -0.15) is 0 Å². The Labute approximate surface area is 209 Å². The second-order valence-corrected chi connectivity index (χ2v) is 9.02. The van der Waals surface area contributed by atoms with E-state index in [9.17, 15) is 4.79 Å². The lowest BCUT2D eigenvalue weighted by molar-refractivity contribution is 0.0951. The number of halogens is 2. The van der Waals surface area contributed by atoms with Crippen molar-refractivity contribution in [3.63, 3.8) is 0 Å². The third-order valence-electron chi connectivity index (χ3n) is 4.47. The lowest BCUT2D eigenvalue weighted by atomic mass is 10.2. The molecule has 33 heavy (non-hydrogen) atoms. The van der Waals surface area contributed by atoms with Gasteiger partial charge in [0.2, 0.25) is 5.16 Å². The summed E-state index contributed by atoms with van der Waals surface area (Å²) in [4.78, 5) is 12.6. The van der Waals surface area contributed by atoms with E-state index in [0.717, 1.165) is 5.56 Å². The van der Waals surface area contributed by atoms with Crippen molar-refractivity contribution >= 4 is 58.2 Å². The van der Waals surface area contributed by atoms with Gasteiger partial charge in [-0.1, -0.05) is 65.3 Å². The van der Waals surface area contributed by atoms with E-state index >= 15 is 0 Å². The summed E-state index contributed by atoms with van der Waals surface area (Å²) in [5.41, 5.74) is 4.68. The minimum atomic E-state index is -0.513. The van der Waals surface area contributed by atoms with Crippen molar-refractivity contribution in [3.8, 4) is 11.3 Å². The molecule has 168 valence electrons. The van der Waals surface area contributed by atoms with Gasteiger partial charge in [0.25, 0.3) is 5.91 Å². The fourth-order valence-corrected chi connectivity index (χ4v) is 4.33.